The van der Waals surface area contributed by atoms with E-state index in [9.17, 15) is 13.2 Å². The van der Waals surface area contributed by atoms with Crippen molar-refractivity contribution in [1.29, 1.82) is 0 Å². The van der Waals surface area contributed by atoms with E-state index in [0.717, 1.165) is 51.8 Å². The van der Waals surface area contributed by atoms with E-state index in [4.69, 9.17) is 0 Å². The molecule has 0 aliphatic rings. The van der Waals surface area contributed by atoms with Crippen LogP contribution in [0.2, 0.25) is 13.3 Å². The van der Waals surface area contributed by atoms with E-state index < -0.39 is 30.2 Å². The summed E-state index contributed by atoms with van der Waals surface area (Å²) in [4.78, 5) is 7.99. The normalized spacial score (nSPS) is 12.6. The zero-order chi connectivity index (χ0) is 17.3. The van der Waals surface area contributed by atoms with Crippen LogP contribution in [0.15, 0.2) is 12.4 Å². The molecule has 23 heavy (non-hydrogen) atoms. The molecule has 0 aromatic carbocycles. The van der Waals surface area contributed by atoms with Crippen LogP contribution in [0.3, 0.4) is 0 Å². The summed E-state index contributed by atoms with van der Waals surface area (Å²) in [6.07, 6.45) is 4.36. The van der Waals surface area contributed by atoms with Gasteiger partial charge in [0.1, 0.15) is 0 Å². The van der Waals surface area contributed by atoms with Gasteiger partial charge in [-0.25, -0.2) is 0 Å². The van der Waals surface area contributed by atoms with E-state index >= 15 is 0 Å². The summed E-state index contributed by atoms with van der Waals surface area (Å²) in [6.45, 7) is 6.33. The van der Waals surface area contributed by atoms with Crippen molar-refractivity contribution in [2.75, 3.05) is 0 Å². The molecular weight excluding hydrogens is 408 g/mol. The van der Waals surface area contributed by atoms with Crippen LogP contribution in [0.1, 0.15) is 65.0 Å². The zero-order valence-corrected chi connectivity index (χ0v) is 17.4. The fraction of sp³-hybridized carbons (Fsp3) is 0.765. The average Bonchev–Trinajstić information content (AvgIpc) is 2.54. The van der Waals surface area contributed by atoms with Crippen LogP contribution >= 0.6 is 0 Å². The molecule has 0 N–H and O–H groups in total. The summed E-state index contributed by atoms with van der Waals surface area (Å²) in [5, 5.41) is 0. The molecule has 2 nitrogen and oxygen atoms in total. The standard InChI is InChI=1S/C5H2F3N2.3C4H9.Sn/c6-5(7,8)4-3-9-1-2-10-4;3*1-3-4-2;/h1-2H;3*1,3-4H2,2H3;. The minimum absolute atomic E-state index is 0.379. The first kappa shape index (κ1) is 20.7. The number of nitrogens with zero attached hydrogens (tertiary/aromatic N) is 2. The summed E-state index contributed by atoms with van der Waals surface area (Å²) in [6, 6.07) is 0. The fourth-order valence-corrected chi connectivity index (χ4v) is 19.2. The van der Waals surface area contributed by atoms with Gasteiger partial charge in [-0.3, -0.25) is 0 Å². The molecule has 0 saturated heterocycles. The van der Waals surface area contributed by atoms with Crippen molar-refractivity contribution >= 4 is 22.1 Å². The molecular formula is C17H29F3N2Sn. The third-order valence-electron chi connectivity index (χ3n) is 4.50. The quantitative estimate of drug-likeness (QED) is 0.449. The van der Waals surface area contributed by atoms with Gasteiger partial charge in [-0.2, -0.15) is 0 Å². The summed E-state index contributed by atoms with van der Waals surface area (Å²) in [5.41, 5.74) is -0.695. The molecule has 0 saturated carbocycles. The molecule has 1 heterocycles. The van der Waals surface area contributed by atoms with Crippen molar-refractivity contribution in [1.82, 2.24) is 9.97 Å². The molecule has 0 aliphatic heterocycles. The van der Waals surface area contributed by atoms with Crippen LogP contribution in [-0.2, 0) is 6.18 Å². The predicted octanol–water partition coefficient (Wildman–Crippen LogP) is 5.55. The Hall–Kier alpha value is -0.331. The number of rotatable bonds is 10. The summed E-state index contributed by atoms with van der Waals surface area (Å²) < 4.78 is 43.7. The van der Waals surface area contributed by atoms with Gasteiger partial charge in [-0.05, 0) is 0 Å². The molecule has 0 radical (unpaired) electrons. The average molecular weight is 437 g/mol. The number of hydrogen-bond acceptors (Lipinski definition) is 2. The maximum absolute atomic E-state index is 13.5. The van der Waals surface area contributed by atoms with Crippen LogP contribution < -0.4 is 3.71 Å². The van der Waals surface area contributed by atoms with Crippen LogP contribution in [0.25, 0.3) is 0 Å². The summed E-state index contributed by atoms with van der Waals surface area (Å²) in [7, 11) is 0. The van der Waals surface area contributed by atoms with Gasteiger partial charge in [0, 0.05) is 0 Å². The maximum atomic E-state index is 13.5. The molecule has 0 unspecified atom stereocenters. The van der Waals surface area contributed by atoms with Crippen molar-refractivity contribution < 1.29 is 13.2 Å². The van der Waals surface area contributed by atoms with Gasteiger partial charge in [0.25, 0.3) is 0 Å². The SMILES string of the molecule is CCC[CH2][Sn]([CH2]CCC)([CH2]CCC)[c]1nccnc1C(F)(F)F. The van der Waals surface area contributed by atoms with E-state index in [2.05, 4.69) is 30.7 Å². The Morgan fingerprint density at radius 2 is 1.26 bits per heavy atom. The Morgan fingerprint density at radius 1 is 0.826 bits per heavy atom. The van der Waals surface area contributed by atoms with Gasteiger partial charge < -0.3 is 0 Å². The van der Waals surface area contributed by atoms with Crippen molar-refractivity contribution in [2.24, 2.45) is 0 Å². The fourth-order valence-electron chi connectivity index (χ4n) is 3.21. The molecule has 0 spiro atoms. The van der Waals surface area contributed by atoms with Crippen molar-refractivity contribution in [3.8, 4) is 0 Å². The number of aromatic nitrogens is 2. The van der Waals surface area contributed by atoms with Crippen molar-refractivity contribution in [2.45, 2.75) is 78.8 Å². The van der Waals surface area contributed by atoms with Crippen LogP contribution in [0, 0.1) is 0 Å². The predicted molar refractivity (Wildman–Crippen MR) is 91.6 cm³/mol. The molecule has 0 atom stereocenters. The molecule has 0 aliphatic carbocycles. The number of hydrogen-bond donors (Lipinski definition) is 0. The van der Waals surface area contributed by atoms with Gasteiger partial charge in [0.2, 0.25) is 0 Å². The Labute approximate surface area is 142 Å². The molecule has 132 valence electrons. The second-order valence-corrected chi connectivity index (χ2v) is 19.3. The molecule has 0 bridgehead atoms. The number of halogens is 3. The number of unbranched alkanes of at least 4 members (excludes halogenated alkanes) is 3. The Kier molecular flexibility index (Phi) is 8.86. The Morgan fingerprint density at radius 3 is 1.65 bits per heavy atom. The zero-order valence-electron chi connectivity index (χ0n) is 14.5. The van der Waals surface area contributed by atoms with E-state index in [1.165, 1.54) is 12.4 Å². The molecule has 0 fully saturated rings. The topological polar surface area (TPSA) is 25.8 Å². The van der Waals surface area contributed by atoms with Crippen molar-refractivity contribution in [3.05, 3.63) is 18.1 Å². The van der Waals surface area contributed by atoms with Crippen LogP contribution in [0.5, 0.6) is 0 Å². The van der Waals surface area contributed by atoms with E-state index in [1.54, 1.807) is 0 Å². The first-order chi connectivity index (χ1) is 10.9. The molecule has 1 aromatic rings. The second kappa shape index (κ2) is 9.84. The summed E-state index contributed by atoms with van der Waals surface area (Å²) >= 11 is -3.20. The Bertz CT molecular complexity index is 442. The van der Waals surface area contributed by atoms with Gasteiger partial charge in [0.05, 0.1) is 0 Å². The van der Waals surface area contributed by atoms with Crippen LogP contribution in [0.4, 0.5) is 13.2 Å². The van der Waals surface area contributed by atoms with E-state index in [0.29, 0.717) is 3.71 Å². The van der Waals surface area contributed by atoms with Crippen molar-refractivity contribution in [3.63, 3.8) is 0 Å². The molecule has 1 rings (SSSR count). The third kappa shape index (κ3) is 5.91. The van der Waals surface area contributed by atoms with Gasteiger partial charge >= 0.3 is 142 Å². The van der Waals surface area contributed by atoms with Gasteiger partial charge in [0.15, 0.2) is 0 Å². The first-order valence-electron chi connectivity index (χ1n) is 8.80. The second-order valence-electron chi connectivity index (χ2n) is 6.34. The van der Waals surface area contributed by atoms with E-state index in [1.807, 2.05) is 0 Å². The molecule has 6 heteroatoms. The monoisotopic (exact) mass is 438 g/mol. The van der Waals surface area contributed by atoms with Crippen LogP contribution in [-0.4, -0.2) is 28.3 Å². The first-order valence-corrected chi connectivity index (χ1v) is 16.3. The molecule has 1 aromatic heterocycles. The number of alkyl halides is 3. The summed E-state index contributed by atoms with van der Waals surface area (Å²) in [5.74, 6) is 0. The van der Waals surface area contributed by atoms with Gasteiger partial charge in [-0.15, -0.1) is 0 Å². The molecule has 0 amide bonds. The van der Waals surface area contributed by atoms with Gasteiger partial charge in [-0.1, -0.05) is 0 Å². The Balaban J connectivity index is 3.35. The van der Waals surface area contributed by atoms with E-state index in [-0.39, 0.29) is 0 Å². The minimum atomic E-state index is -4.39. The third-order valence-corrected chi connectivity index (χ3v) is 19.6.